The number of Topliss-reactive ketones (excluding diaryl/α,β-unsaturated/α-hetero) is 1. The Bertz CT molecular complexity index is 1140. The van der Waals surface area contributed by atoms with Gasteiger partial charge in [-0.05, 0) is 48.9 Å². The van der Waals surface area contributed by atoms with Gasteiger partial charge in [-0.15, -0.1) is 25.3 Å². The van der Waals surface area contributed by atoms with Crippen LogP contribution in [0.2, 0.25) is 0 Å². The highest BCUT2D eigenvalue weighted by atomic mass is 32.2. The number of hydrogen-bond donors (Lipinski definition) is 3. The van der Waals surface area contributed by atoms with Gasteiger partial charge in [-0.25, -0.2) is 0 Å². The van der Waals surface area contributed by atoms with Crippen LogP contribution in [0.3, 0.4) is 0 Å². The summed E-state index contributed by atoms with van der Waals surface area (Å²) in [5.41, 5.74) is -0.946. The van der Waals surface area contributed by atoms with Crippen LogP contribution in [-0.4, -0.2) is 25.9 Å². The fourth-order valence-electron chi connectivity index (χ4n) is 2.80. The van der Waals surface area contributed by atoms with E-state index in [0.29, 0.717) is 9.79 Å². The molecule has 0 spiro atoms. The molecular formula is C22H20O5S3. The molecule has 0 fully saturated rings. The summed E-state index contributed by atoms with van der Waals surface area (Å²) < 4.78 is 30.4. The Kier molecular flexibility index (Phi) is 6.74. The number of rotatable bonds is 7. The third-order valence-electron chi connectivity index (χ3n) is 4.58. The van der Waals surface area contributed by atoms with E-state index in [9.17, 15) is 18.3 Å². The van der Waals surface area contributed by atoms with E-state index < -0.39 is 28.1 Å². The minimum Gasteiger partial charge on any atom is -0.375 e. The molecule has 0 radical (unpaired) electrons. The highest BCUT2D eigenvalue weighted by Crippen LogP contribution is 2.29. The number of aryl methyl sites for hydroxylation is 1. The summed E-state index contributed by atoms with van der Waals surface area (Å²) in [5, 5.41) is 11.3. The molecule has 1 N–H and O–H groups in total. The first kappa shape index (κ1) is 22.6. The third-order valence-corrected chi connectivity index (χ3v) is 6.46. The van der Waals surface area contributed by atoms with E-state index in [2.05, 4.69) is 25.3 Å². The highest BCUT2D eigenvalue weighted by molar-refractivity contribution is 7.86. The Labute approximate surface area is 186 Å². The monoisotopic (exact) mass is 460 g/mol. The van der Waals surface area contributed by atoms with Crippen molar-refractivity contribution in [1.82, 2.24) is 0 Å². The average molecular weight is 461 g/mol. The molecule has 0 aliphatic carbocycles. The molecule has 30 heavy (non-hydrogen) atoms. The van der Waals surface area contributed by atoms with Gasteiger partial charge >= 0.3 is 0 Å². The topological polar surface area (TPSA) is 80.7 Å². The van der Waals surface area contributed by atoms with Crippen molar-refractivity contribution in [1.29, 1.82) is 0 Å². The van der Waals surface area contributed by atoms with Gasteiger partial charge in [0.05, 0.1) is 4.90 Å². The van der Waals surface area contributed by atoms with Crippen molar-refractivity contribution in [2.24, 2.45) is 0 Å². The molecule has 0 saturated heterocycles. The van der Waals surface area contributed by atoms with Gasteiger partial charge in [-0.2, -0.15) is 8.42 Å². The molecule has 1 unspecified atom stereocenters. The zero-order valence-corrected chi connectivity index (χ0v) is 18.6. The van der Waals surface area contributed by atoms with Crippen molar-refractivity contribution in [3.05, 3.63) is 89.5 Å². The Balaban J connectivity index is 1.97. The second kappa shape index (κ2) is 8.95. The fraction of sp³-hybridized carbons (Fsp3) is 0.136. The molecule has 0 amide bonds. The Morgan fingerprint density at radius 1 is 0.900 bits per heavy atom. The van der Waals surface area contributed by atoms with Crippen LogP contribution in [0.25, 0.3) is 0 Å². The first-order chi connectivity index (χ1) is 14.1. The quantitative estimate of drug-likeness (QED) is 0.282. The zero-order chi connectivity index (χ0) is 21.9. The van der Waals surface area contributed by atoms with Crippen LogP contribution >= 0.6 is 25.3 Å². The molecule has 0 aliphatic rings. The van der Waals surface area contributed by atoms with E-state index in [-0.39, 0.29) is 16.0 Å². The van der Waals surface area contributed by atoms with Gasteiger partial charge in [0.25, 0.3) is 10.1 Å². The van der Waals surface area contributed by atoms with E-state index in [4.69, 9.17) is 4.18 Å². The predicted molar refractivity (Wildman–Crippen MR) is 120 cm³/mol. The molecule has 3 aromatic rings. The van der Waals surface area contributed by atoms with Crippen LogP contribution in [0.15, 0.2) is 87.5 Å². The smallest absolute Gasteiger partial charge is 0.297 e. The molecule has 3 aromatic carbocycles. The van der Waals surface area contributed by atoms with E-state index in [1.807, 2.05) is 6.92 Å². The second-order valence-corrected chi connectivity index (χ2v) is 9.46. The van der Waals surface area contributed by atoms with E-state index in [1.54, 1.807) is 36.4 Å². The lowest BCUT2D eigenvalue weighted by Gasteiger charge is -2.27. The summed E-state index contributed by atoms with van der Waals surface area (Å²) >= 11 is 8.41. The summed E-state index contributed by atoms with van der Waals surface area (Å²) in [6.07, 6.45) is 0. The largest absolute Gasteiger partial charge is 0.375 e. The lowest BCUT2D eigenvalue weighted by molar-refractivity contribution is 0.00407. The molecular weight excluding hydrogens is 440 g/mol. The molecule has 5 nitrogen and oxygen atoms in total. The SMILES string of the molecule is Cc1ccc(S(=O)(=O)OCC(O)(C(=O)c2ccc(S)cc2)c2ccc(S)cc2)cc1. The van der Waals surface area contributed by atoms with Gasteiger partial charge in [-0.1, -0.05) is 42.0 Å². The van der Waals surface area contributed by atoms with Crippen LogP contribution in [0.4, 0.5) is 0 Å². The first-order valence-electron chi connectivity index (χ1n) is 8.94. The predicted octanol–water partition coefficient (Wildman–Crippen LogP) is 4.05. The number of aliphatic hydroxyl groups is 1. The van der Waals surface area contributed by atoms with Crippen molar-refractivity contribution in [3.63, 3.8) is 0 Å². The van der Waals surface area contributed by atoms with Crippen molar-refractivity contribution in [2.45, 2.75) is 27.2 Å². The molecule has 8 heteroatoms. The van der Waals surface area contributed by atoms with Crippen molar-refractivity contribution in [2.75, 3.05) is 6.61 Å². The van der Waals surface area contributed by atoms with Gasteiger partial charge in [0.15, 0.2) is 5.60 Å². The minimum atomic E-state index is -4.19. The van der Waals surface area contributed by atoms with Crippen LogP contribution in [0, 0.1) is 6.92 Å². The van der Waals surface area contributed by atoms with E-state index in [0.717, 1.165) is 5.56 Å². The maximum absolute atomic E-state index is 13.2. The molecule has 0 bridgehead atoms. The molecule has 0 aliphatic heterocycles. The number of thiol groups is 2. The highest BCUT2D eigenvalue weighted by Gasteiger charge is 2.40. The number of carbonyl (C=O) groups excluding carboxylic acids is 1. The molecule has 0 saturated carbocycles. The average Bonchev–Trinajstić information content (AvgIpc) is 2.73. The summed E-state index contributed by atoms with van der Waals surface area (Å²) in [4.78, 5) is 14.4. The molecule has 156 valence electrons. The molecule has 3 rings (SSSR count). The van der Waals surface area contributed by atoms with Crippen LogP contribution in [0.1, 0.15) is 21.5 Å². The van der Waals surface area contributed by atoms with Gasteiger partial charge in [0.1, 0.15) is 6.61 Å². The Morgan fingerprint density at radius 3 is 1.93 bits per heavy atom. The maximum atomic E-state index is 13.2. The van der Waals surface area contributed by atoms with Crippen LogP contribution in [-0.2, 0) is 19.9 Å². The van der Waals surface area contributed by atoms with Crippen molar-refractivity contribution >= 4 is 41.2 Å². The fourth-order valence-corrected chi connectivity index (χ4v) is 4.03. The van der Waals surface area contributed by atoms with Gasteiger partial charge < -0.3 is 5.11 Å². The zero-order valence-electron chi connectivity index (χ0n) is 16.0. The summed E-state index contributed by atoms with van der Waals surface area (Å²) in [5.74, 6) is -0.693. The van der Waals surface area contributed by atoms with Gasteiger partial charge in [0, 0.05) is 15.4 Å². The Morgan fingerprint density at radius 2 is 1.40 bits per heavy atom. The first-order valence-corrected chi connectivity index (χ1v) is 11.2. The van der Waals surface area contributed by atoms with Gasteiger partial charge in [0.2, 0.25) is 5.78 Å². The maximum Gasteiger partial charge on any atom is 0.297 e. The summed E-state index contributed by atoms with van der Waals surface area (Å²) in [7, 11) is -4.19. The lowest BCUT2D eigenvalue weighted by atomic mass is 9.86. The number of benzene rings is 3. The van der Waals surface area contributed by atoms with Gasteiger partial charge in [-0.3, -0.25) is 8.98 Å². The van der Waals surface area contributed by atoms with Crippen molar-refractivity contribution in [3.8, 4) is 0 Å². The molecule has 0 heterocycles. The van der Waals surface area contributed by atoms with E-state index >= 15 is 0 Å². The van der Waals surface area contributed by atoms with E-state index in [1.165, 1.54) is 36.4 Å². The van der Waals surface area contributed by atoms with Crippen LogP contribution < -0.4 is 0 Å². The normalized spacial score (nSPS) is 13.6. The van der Waals surface area contributed by atoms with Crippen LogP contribution in [0.5, 0.6) is 0 Å². The lowest BCUT2D eigenvalue weighted by Crippen LogP contribution is -2.41. The molecule has 0 aromatic heterocycles. The summed E-state index contributed by atoms with van der Waals surface area (Å²) in [6, 6.07) is 18.5. The number of ketones is 1. The second-order valence-electron chi connectivity index (χ2n) is 6.81. The number of carbonyl (C=O) groups is 1. The molecule has 1 atom stereocenters. The van der Waals surface area contributed by atoms with Crippen molar-refractivity contribution < 1.29 is 22.5 Å². The summed E-state index contributed by atoms with van der Waals surface area (Å²) in [6.45, 7) is 1.05. The Hall–Kier alpha value is -2.10. The number of hydrogen-bond acceptors (Lipinski definition) is 7. The standard InChI is InChI=1S/C22H20O5S3/c1-15-2-12-20(13-3-15)30(25,26)27-14-22(24,17-6-10-19(29)11-7-17)21(23)16-4-8-18(28)9-5-16/h2-13,24,28-29H,14H2,1H3. The third kappa shape index (κ3) is 4.96. The minimum absolute atomic E-state index is 0.0620.